The molecule has 0 fully saturated rings. The zero-order chi connectivity index (χ0) is 12.6. The molecule has 0 heterocycles. The molecule has 0 spiro atoms. The third-order valence-corrected chi connectivity index (χ3v) is 2.30. The van der Waals surface area contributed by atoms with Crippen molar-refractivity contribution in [1.82, 2.24) is 10.2 Å². The maximum atomic E-state index is 11.2. The number of nitrogens with one attached hydrogen (secondary N) is 1. The van der Waals surface area contributed by atoms with Gasteiger partial charge in [-0.1, -0.05) is 13.8 Å². The number of nitrogens with zero attached hydrogens (tertiary/aromatic N) is 2. The number of carbonyl (C=O) groups is 1. The van der Waals surface area contributed by atoms with Crippen molar-refractivity contribution in [2.45, 2.75) is 27.7 Å². The Balaban J connectivity index is 0. The van der Waals surface area contributed by atoms with Crippen molar-refractivity contribution in [3.63, 3.8) is 0 Å². The zero-order valence-electron chi connectivity index (χ0n) is 11.2. The van der Waals surface area contributed by atoms with Gasteiger partial charge >= 0.3 is 0 Å². The van der Waals surface area contributed by atoms with Gasteiger partial charge in [-0.05, 0) is 13.8 Å². The summed E-state index contributed by atoms with van der Waals surface area (Å²) < 4.78 is 0. The molecule has 102 valence electrons. The molecule has 3 N–H and O–H groups in total. The maximum absolute atomic E-state index is 11.2. The number of halogens is 1. The summed E-state index contributed by atoms with van der Waals surface area (Å²) in [5.41, 5.74) is 5.78. The van der Waals surface area contributed by atoms with Crippen LogP contribution in [0.1, 0.15) is 27.7 Å². The van der Waals surface area contributed by atoms with E-state index in [4.69, 9.17) is 5.73 Å². The van der Waals surface area contributed by atoms with Gasteiger partial charge in [-0.3, -0.25) is 9.79 Å². The molecule has 0 aromatic heterocycles. The summed E-state index contributed by atoms with van der Waals surface area (Å²) in [5.74, 6) is 0.615. The Labute approximate surface area is 121 Å². The van der Waals surface area contributed by atoms with Crippen LogP contribution in [0.15, 0.2) is 4.99 Å². The quantitative estimate of drug-likeness (QED) is 0.323. The molecule has 0 bridgehead atoms. The van der Waals surface area contributed by atoms with E-state index in [1.54, 1.807) is 0 Å². The van der Waals surface area contributed by atoms with E-state index in [9.17, 15) is 4.79 Å². The highest BCUT2D eigenvalue weighted by molar-refractivity contribution is 14.0. The Morgan fingerprint density at radius 2 is 1.88 bits per heavy atom. The van der Waals surface area contributed by atoms with E-state index < -0.39 is 0 Å². The molecular formula is C11H25IN4O. The fourth-order valence-corrected chi connectivity index (χ4v) is 1.20. The lowest BCUT2D eigenvalue weighted by Crippen LogP contribution is -2.38. The SMILES string of the molecule is CCN(CC)C(N)=NCCNC(=O)C(C)C.I. The summed E-state index contributed by atoms with van der Waals surface area (Å²) in [6.07, 6.45) is 0. The molecule has 17 heavy (non-hydrogen) atoms. The second kappa shape index (κ2) is 10.6. The Morgan fingerprint density at radius 3 is 2.29 bits per heavy atom. The summed E-state index contributed by atoms with van der Waals surface area (Å²) >= 11 is 0. The van der Waals surface area contributed by atoms with Crippen LogP contribution in [0.3, 0.4) is 0 Å². The predicted molar refractivity (Wildman–Crippen MR) is 82.7 cm³/mol. The van der Waals surface area contributed by atoms with Crippen molar-refractivity contribution in [2.24, 2.45) is 16.6 Å². The topological polar surface area (TPSA) is 70.7 Å². The zero-order valence-corrected chi connectivity index (χ0v) is 13.5. The third-order valence-electron chi connectivity index (χ3n) is 2.30. The summed E-state index contributed by atoms with van der Waals surface area (Å²) in [6, 6.07) is 0. The van der Waals surface area contributed by atoms with Gasteiger partial charge in [0.2, 0.25) is 5.91 Å². The van der Waals surface area contributed by atoms with Crippen LogP contribution in [0.4, 0.5) is 0 Å². The number of hydrogen-bond acceptors (Lipinski definition) is 2. The number of hydrogen-bond donors (Lipinski definition) is 2. The molecule has 0 atom stereocenters. The molecule has 0 saturated carbocycles. The van der Waals surface area contributed by atoms with E-state index in [-0.39, 0.29) is 35.8 Å². The molecule has 0 aliphatic heterocycles. The lowest BCUT2D eigenvalue weighted by molar-refractivity contribution is -0.123. The average Bonchev–Trinajstić information content (AvgIpc) is 2.25. The van der Waals surface area contributed by atoms with Crippen LogP contribution in [0.2, 0.25) is 0 Å². The third kappa shape index (κ3) is 8.23. The van der Waals surface area contributed by atoms with Gasteiger partial charge in [-0.15, -0.1) is 24.0 Å². The molecule has 0 aromatic rings. The first-order valence-corrected chi connectivity index (χ1v) is 5.85. The minimum absolute atomic E-state index is 0. The minimum Gasteiger partial charge on any atom is -0.370 e. The van der Waals surface area contributed by atoms with Crippen molar-refractivity contribution in [3.8, 4) is 0 Å². The van der Waals surface area contributed by atoms with Gasteiger partial charge < -0.3 is 16.0 Å². The van der Waals surface area contributed by atoms with Crippen molar-refractivity contribution in [3.05, 3.63) is 0 Å². The Bertz CT molecular complexity index is 240. The van der Waals surface area contributed by atoms with E-state index in [0.29, 0.717) is 19.0 Å². The van der Waals surface area contributed by atoms with Gasteiger partial charge in [-0.25, -0.2) is 0 Å². The van der Waals surface area contributed by atoms with Crippen LogP contribution < -0.4 is 11.1 Å². The summed E-state index contributed by atoms with van der Waals surface area (Å²) in [5, 5.41) is 2.79. The van der Waals surface area contributed by atoms with Crippen molar-refractivity contribution in [1.29, 1.82) is 0 Å². The maximum Gasteiger partial charge on any atom is 0.222 e. The van der Waals surface area contributed by atoms with Crippen molar-refractivity contribution < 1.29 is 4.79 Å². The number of guanidine groups is 1. The molecule has 0 radical (unpaired) electrons. The van der Waals surface area contributed by atoms with Gasteiger partial charge in [0.15, 0.2) is 5.96 Å². The number of nitrogens with two attached hydrogens (primary N) is 1. The summed E-state index contributed by atoms with van der Waals surface area (Å²) in [6.45, 7) is 10.6. The summed E-state index contributed by atoms with van der Waals surface area (Å²) in [4.78, 5) is 17.4. The highest BCUT2D eigenvalue weighted by atomic mass is 127. The molecule has 0 rings (SSSR count). The van der Waals surface area contributed by atoms with Crippen molar-refractivity contribution in [2.75, 3.05) is 26.2 Å². The van der Waals surface area contributed by atoms with E-state index in [2.05, 4.69) is 10.3 Å². The molecule has 0 unspecified atom stereocenters. The van der Waals surface area contributed by atoms with Crippen LogP contribution >= 0.6 is 24.0 Å². The fraction of sp³-hybridized carbons (Fsp3) is 0.818. The van der Waals surface area contributed by atoms with Gasteiger partial charge in [0.05, 0.1) is 6.54 Å². The minimum atomic E-state index is 0. The first-order chi connectivity index (χ1) is 7.52. The van der Waals surface area contributed by atoms with Crippen LogP contribution in [0.5, 0.6) is 0 Å². The number of aliphatic imine (C=N–C) groups is 1. The molecule has 0 aromatic carbocycles. The first-order valence-electron chi connectivity index (χ1n) is 5.85. The normalized spacial score (nSPS) is 11.0. The molecule has 5 nitrogen and oxygen atoms in total. The lowest BCUT2D eigenvalue weighted by atomic mass is 10.2. The molecule has 0 aliphatic rings. The Hall–Kier alpha value is -0.530. The smallest absolute Gasteiger partial charge is 0.222 e. The van der Waals surface area contributed by atoms with Gasteiger partial charge in [0, 0.05) is 25.6 Å². The second-order valence-electron chi connectivity index (χ2n) is 3.86. The molecule has 6 heteroatoms. The first kappa shape index (κ1) is 18.8. The molecule has 0 aliphatic carbocycles. The highest BCUT2D eigenvalue weighted by Crippen LogP contribution is 1.90. The summed E-state index contributed by atoms with van der Waals surface area (Å²) in [7, 11) is 0. The molecule has 0 saturated heterocycles. The van der Waals surface area contributed by atoms with Crippen molar-refractivity contribution >= 4 is 35.8 Å². The van der Waals surface area contributed by atoms with Gasteiger partial charge in [0.1, 0.15) is 0 Å². The number of carbonyl (C=O) groups excluding carboxylic acids is 1. The lowest BCUT2D eigenvalue weighted by Gasteiger charge is -2.19. The van der Waals surface area contributed by atoms with Crippen LogP contribution in [0, 0.1) is 5.92 Å². The number of amides is 1. The predicted octanol–water partition coefficient (Wildman–Crippen LogP) is 1.03. The molecular weight excluding hydrogens is 331 g/mol. The van der Waals surface area contributed by atoms with E-state index in [0.717, 1.165) is 13.1 Å². The van der Waals surface area contributed by atoms with Gasteiger partial charge in [0.25, 0.3) is 0 Å². The van der Waals surface area contributed by atoms with E-state index in [1.165, 1.54) is 0 Å². The Morgan fingerprint density at radius 1 is 1.35 bits per heavy atom. The van der Waals surface area contributed by atoms with Crippen LogP contribution in [-0.4, -0.2) is 42.9 Å². The molecule has 1 amide bonds. The van der Waals surface area contributed by atoms with Crippen LogP contribution in [0.25, 0.3) is 0 Å². The monoisotopic (exact) mass is 356 g/mol. The largest absolute Gasteiger partial charge is 0.370 e. The van der Waals surface area contributed by atoms with E-state index in [1.807, 2.05) is 32.6 Å². The van der Waals surface area contributed by atoms with E-state index >= 15 is 0 Å². The van der Waals surface area contributed by atoms with Gasteiger partial charge in [-0.2, -0.15) is 0 Å². The second-order valence-corrected chi connectivity index (χ2v) is 3.86. The fourth-order valence-electron chi connectivity index (χ4n) is 1.20. The standard InChI is InChI=1S/C11H24N4O.HI/c1-5-15(6-2)11(12)14-8-7-13-10(16)9(3)4;/h9H,5-8H2,1-4H3,(H2,12,14)(H,13,16);1H. The number of rotatable bonds is 6. The average molecular weight is 356 g/mol. The highest BCUT2D eigenvalue weighted by Gasteiger charge is 2.05. The Kier molecular flexibility index (Phi) is 11.8. The van der Waals surface area contributed by atoms with Crippen LogP contribution in [-0.2, 0) is 4.79 Å².